The van der Waals surface area contributed by atoms with Gasteiger partial charge in [-0.15, -0.1) is 0 Å². The predicted molar refractivity (Wildman–Crippen MR) is 73.5 cm³/mol. The van der Waals surface area contributed by atoms with E-state index in [-0.39, 0.29) is 0 Å². The van der Waals surface area contributed by atoms with E-state index in [1.807, 2.05) is 24.3 Å². The molecule has 0 atom stereocenters. The van der Waals surface area contributed by atoms with Crippen LogP contribution in [0.1, 0.15) is 27.2 Å². The van der Waals surface area contributed by atoms with Gasteiger partial charge in [-0.2, -0.15) is 0 Å². The summed E-state index contributed by atoms with van der Waals surface area (Å²) in [6.07, 6.45) is 1.02. The molecule has 0 saturated carbocycles. The Hall–Kier alpha value is -2.11. The maximum Gasteiger partial charge on any atom is 0.244 e. The molecular formula is C13H19N5O. The Labute approximate surface area is 112 Å². The van der Waals surface area contributed by atoms with Crippen LogP contribution in [0.3, 0.4) is 0 Å². The molecule has 6 heteroatoms. The van der Waals surface area contributed by atoms with Crippen molar-refractivity contribution in [3.63, 3.8) is 0 Å². The second-order valence-electron chi connectivity index (χ2n) is 5.56. The van der Waals surface area contributed by atoms with Gasteiger partial charge in [0, 0.05) is 5.69 Å². The molecule has 2 rings (SSSR count). The highest BCUT2D eigenvalue weighted by molar-refractivity contribution is 5.53. The third-order valence-corrected chi connectivity index (χ3v) is 2.58. The molecule has 0 aliphatic carbocycles. The number of nitrogens with zero attached hydrogens (tertiary/aromatic N) is 3. The van der Waals surface area contributed by atoms with Gasteiger partial charge >= 0.3 is 0 Å². The van der Waals surface area contributed by atoms with Crippen LogP contribution in [0.4, 0.5) is 11.6 Å². The third-order valence-electron chi connectivity index (χ3n) is 2.58. The van der Waals surface area contributed by atoms with E-state index >= 15 is 0 Å². The zero-order valence-electron chi connectivity index (χ0n) is 11.5. The van der Waals surface area contributed by atoms with Gasteiger partial charge in [0.1, 0.15) is 5.75 Å². The minimum absolute atomic E-state index is 0.292. The monoisotopic (exact) mass is 261 g/mol. The van der Waals surface area contributed by atoms with E-state index in [0.29, 0.717) is 11.4 Å². The van der Waals surface area contributed by atoms with Crippen molar-refractivity contribution < 1.29 is 4.74 Å². The van der Waals surface area contributed by atoms with Gasteiger partial charge in [-0.1, -0.05) is 25.9 Å². The average Bonchev–Trinajstić information content (AvgIpc) is 2.83. The maximum atomic E-state index is 5.70. The number of H-pyrrole nitrogens is 1. The van der Waals surface area contributed by atoms with Crippen molar-refractivity contribution in [2.75, 3.05) is 11.9 Å². The van der Waals surface area contributed by atoms with Gasteiger partial charge in [0.25, 0.3) is 0 Å². The molecule has 0 aliphatic rings. The van der Waals surface area contributed by atoms with Crippen molar-refractivity contribution in [2.45, 2.75) is 27.2 Å². The topological polar surface area (TPSA) is 75.7 Å². The van der Waals surface area contributed by atoms with Crippen LogP contribution >= 0.6 is 0 Å². The largest absolute Gasteiger partial charge is 0.494 e. The number of aromatic amines is 1. The summed E-state index contributed by atoms with van der Waals surface area (Å²) in [6, 6.07) is 7.70. The molecule has 0 radical (unpaired) electrons. The lowest BCUT2D eigenvalue weighted by atomic mass is 9.93. The van der Waals surface area contributed by atoms with Gasteiger partial charge < -0.3 is 10.1 Å². The van der Waals surface area contributed by atoms with E-state index < -0.39 is 0 Å². The van der Waals surface area contributed by atoms with Crippen molar-refractivity contribution in [3.05, 3.63) is 24.3 Å². The van der Waals surface area contributed by atoms with Crippen LogP contribution in [-0.2, 0) is 0 Å². The molecule has 0 amide bonds. The first-order valence-corrected chi connectivity index (χ1v) is 6.26. The van der Waals surface area contributed by atoms with Crippen molar-refractivity contribution in [3.8, 4) is 5.75 Å². The smallest absolute Gasteiger partial charge is 0.244 e. The number of hydrogen-bond donors (Lipinski definition) is 2. The molecule has 1 aromatic carbocycles. The molecule has 2 N–H and O–H groups in total. The fourth-order valence-corrected chi connectivity index (χ4v) is 1.46. The Kier molecular flexibility index (Phi) is 3.99. The lowest BCUT2D eigenvalue weighted by Gasteiger charge is -2.18. The SMILES string of the molecule is CC(C)(C)CCOc1ccc(Nc2nnn[nH]2)cc1. The molecule has 1 aromatic heterocycles. The lowest BCUT2D eigenvalue weighted by Crippen LogP contribution is -2.11. The summed E-state index contributed by atoms with van der Waals surface area (Å²) in [7, 11) is 0. The summed E-state index contributed by atoms with van der Waals surface area (Å²) >= 11 is 0. The van der Waals surface area contributed by atoms with Crippen LogP contribution in [0.2, 0.25) is 0 Å². The molecule has 0 unspecified atom stereocenters. The molecule has 0 bridgehead atoms. The number of anilines is 2. The zero-order chi connectivity index (χ0) is 13.7. The Morgan fingerprint density at radius 1 is 1.21 bits per heavy atom. The molecule has 6 nitrogen and oxygen atoms in total. The minimum atomic E-state index is 0.292. The van der Waals surface area contributed by atoms with Crippen LogP contribution in [0.5, 0.6) is 5.75 Å². The highest BCUT2D eigenvalue weighted by Gasteiger charge is 2.09. The third kappa shape index (κ3) is 4.57. The van der Waals surface area contributed by atoms with Crippen LogP contribution in [0, 0.1) is 5.41 Å². The molecule has 0 aliphatic heterocycles. The summed E-state index contributed by atoms with van der Waals surface area (Å²) in [5.74, 6) is 1.38. The summed E-state index contributed by atoms with van der Waals surface area (Å²) in [4.78, 5) is 0. The first-order chi connectivity index (χ1) is 9.03. The second-order valence-corrected chi connectivity index (χ2v) is 5.56. The Bertz CT molecular complexity index is 487. The molecular weight excluding hydrogens is 242 g/mol. The summed E-state index contributed by atoms with van der Waals surface area (Å²) < 4.78 is 5.70. The number of ether oxygens (including phenoxy) is 1. The fraction of sp³-hybridized carbons (Fsp3) is 0.462. The molecule has 0 fully saturated rings. The van der Waals surface area contributed by atoms with Gasteiger partial charge in [-0.05, 0) is 46.5 Å². The highest BCUT2D eigenvalue weighted by Crippen LogP contribution is 2.21. The molecule has 2 aromatic rings. The number of benzene rings is 1. The van der Waals surface area contributed by atoms with Crippen molar-refractivity contribution in [1.82, 2.24) is 20.6 Å². The van der Waals surface area contributed by atoms with E-state index in [1.165, 1.54) is 0 Å². The number of tetrazole rings is 1. The van der Waals surface area contributed by atoms with E-state index in [9.17, 15) is 0 Å². The summed E-state index contributed by atoms with van der Waals surface area (Å²) in [5, 5.41) is 16.4. The molecule has 0 saturated heterocycles. The molecule has 19 heavy (non-hydrogen) atoms. The normalized spacial score (nSPS) is 11.3. The van der Waals surface area contributed by atoms with Crippen molar-refractivity contribution in [1.29, 1.82) is 0 Å². The predicted octanol–water partition coefficient (Wildman–Crippen LogP) is 2.76. The van der Waals surface area contributed by atoms with Crippen LogP contribution in [0.25, 0.3) is 0 Å². The van der Waals surface area contributed by atoms with Crippen molar-refractivity contribution in [2.24, 2.45) is 5.41 Å². The van der Waals surface area contributed by atoms with Crippen LogP contribution in [-0.4, -0.2) is 27.2 Å². The summed E-state index contributed by atoms with van der Waals surface area (Å²) in [5.41, 5.74) is 1.20. The summed E-state index contributed by atoms with van der Waals surface area (Å²) in [6.45, 7) is 7.33. The molecule has 102 valence electrons. The number of hydrogen-bond acceptors (Lipinski definition) is 5. The van der Waals surface area contributed by atoms with E-state index in [1.54, 1.807) is 0 Å². The minimum Gasteiger partial charge on any atom is -0.494 e. The number of aromatic nitrogens is 4. The van der Waals surface area contributed by atoms with Crippen molar-refractivity contribution >= 4 is 11.6 Å². The first-order valence-electron chi connectivity index (χ1n) is 6.26. The standard InChI is InChI=1S/C13H19N5O/c1-13(2,3)8-9-19-11-6-4-10(5-7-11)14-12-15-17-18-16-12/h4-7H,8-9H2,1-3H3,(H2,14,15,16,17,18). The van der Waals surface area contributed by atoms with Crippen LogP contribution < -0.4 is 10.1 Å². The zero-order valence-corrected chi connectivity index (χ0v) is 11.5. The van der Waals surface area contributed by atoms with E-state index in [4.69, 9.17) is 4.74 Å². The first kappa shape index (κ1) is 13.3. The average molecular weight is 261 g/mol. The Morgan fingerprint density at radius 3 is 2.53 bits per heavy atom. The van der Waals surface area contributed by atoms with Gasteiger partial charge in [-0.3, -0.25) is 0 Å². The fourth-order valence-electron chi connectivity index (χ4n) is 1.46. The van der Waals surface area contributed by atoms with E-state index in [0.717, 1.165) is 24.5 Å². The maximum absolute atomic E-state index is 5.70. The Balaban J connectivity index is 1.84. The van der Waals surface area contributed by atoms with Gasteiger partial charge in [-0.25, -0.2) is 5.10 Å². The van der Waals surface area contributed by atoms with Gasteiger partial charge in [0.2, 0.25) is 5.95 Å². The molecule has 1 heterocycles. The second kappa shape index (κ2) is 5.69. The van der Waals surface area contributed by atoms with Gasteiger partial charge in [0.05, 0.1) is 6.61 Å². The number of nitrogens with one attached hydrogen (secondary N) is 2. The van der Waals surface area contributed by atoms with Crippen LogP contribution in [0.15, 0.2) is 24.3 Å². The Morgan fingerprint density at radius 2 is 1.95 bits per heavy atom. The quantitative estimate of drug-likeness (QED) is 0.865. The lowest BCUT2D eigenvalue weighted by molar-refractivity contribution is 0.243. The van der Waals surface area contributed by atoms with Gasteiger partial charge in [0.15, 0.2) is 0 Å². The number of rotatable bonds is 5. The molecule has 0 spiro atoms. The highest BCUT2D eigenvalue weighted by atomic mass is 16.5. The van der Waals surface area contributed by atoms with E-state index in [2.05, 4.69) is 46.7 Å².